The lowest BCUT2D eigenvalue weighted by molar-refractivity contribution is 0.414. The molecule has 0 unspecified atom stereocenters. The maximum absolute atomic E-state index is 13.4. The Balaban J connectivity index is 1.69. The number of piperidine rings is 1. The quantitative estimate of drug-likeness (QED) is 0.898. The third kappa shape index (κ3) is 3.05. The predicted molar refractivity (Wildman–Crippen MR) is 91.3 cm³/mol. The van der Waals surface area contributed by atoms with Gasteiger partial charge in [-0.3, -0.25) is 4.99 Å². The minimum atomic E-state index is -0.172. The fourth-order valence-corrected chi connectivity index (χ4v) is 3.88. The second kappa shape index (κ2) is 6.08. The summed E-state index contributed by atoms with van der Waals surface area (Å²) in [5.41, 5.74) is 12.1. The van der Waals surface area contributed by atoms with Gasteiger partial charge in [-0.2, -0.15) is 0 Å². The van der Waals surface area contributed by atoms with E-state index in [1.807, 2.05) is 0 Å². The van der Waals surface area contributed by atoms with Crippen molar-refractivity contribution in [1.29, 1.82) is 0 Å². The molecule has 1 aromatic rings. The molecule has 1 aliphatic carbocycles. The van der Waals surface area contributed by atoms with Crippen molar-refractivity contribution in [1.82, 2.24) is 5.32 Å². The Morgan fingerprint density at radius 2 is 1.87 bits per heavy atom. The number of aliphatic imine (C=N–C) groups is 1. The van der Waals surface area contributed by atoms with Gasteiger partial charge >= 0.3 is 0 Å². The molecule has 23 heavy (non-hydrogen) atoms. The summed E-state index contributed by atoms with van der Waals surface area (Å²) >= 11 is 0. The number of nitrogens with one attached hydrogen (secondary N) is 1. The molecule has 3 nitrogen and oxygen atoms in total. The fraction of sp³-hybridized carbons (Fsp3) is 0.526. The van der Waals surface area contributed by atoms with Gasteiger partial charge in [0.05, 0.1) is 5.69 Å². The van der Waals surface area contributed by atoms with Crippen LogP contribution in [0.15, 0.2) is 34.5 Å². The van der Waals surface area contributed by atoms with Crippen LogP contribution < -0.4 is 11.1 Å². The SMILES string of the molecule is N/C(=C(\C1=Nc2ccc(F)cc2CC1)C1CC1)C1CCNCC1. The van der Waals surface area contributed by atoms with E-state index < -0.39 is 0 Å². The van der Waals surface area contributed by atoms with Crippen molar-refractivity contribution >= 4 is 11.4 Å². The standard InChI is InChI=1S/C19H24FN3/c20-15-4-6-16-14(11-15)3-5-17(23-16)18(12-1-2-12)19(21)13-7-9-22-10-8-13/h4,6,11-13,22H,1-3,5,7-10,21H2/b19-18-. The van der Waals surface area contributed by atoms with Crippen molar-refractivity contribution in [3.63, 3.8) is 0 Å². The van der Waals surface area contributed by atoms with Crippen molar-refractivity contribution in [2.75, 3.05) is 13.1 Å². The summed E-state index contributed by atoms with van der Waals surface area (Å²) in [5.74, 6) is 0.921. The van der Waals surface area contributed by atoms with Crippen LogP contribution in [0, 0.1) is 17.7 Å². The molecule has 0 atom stereocenters. The van der Waals surface area contributed by atoms with Crippen LogP contribution >= 0.6 is 0 Å². The molecule has 1 aromatic carbocycles. The van der Waals surface area contributed by atoms with Crippen LogP contribution in [0.4, 0.5) is 10.1 Å². The number of fused-ring (bicyclic) bond motifs is 1. The Hall–Kier alpha value is -1.68. The van der Waals surface area contributed by atoms with E-state index in [9.17, 15) is 4.39 Å². The van der Waals surface area contributed by atoms with Gasteiger partial charge in [0.1, 0.15) is 5.82 Å². The molecule has 0 spiro atoms. The normalized spacial score (nSPS) is 23.1. The van der Waals surface area contributed by atoms with E-state index in [2.05, 4.69) is 5.32 Å². The van der Waals surface area contributed by atoms with Crippen LogP contribution in [-0.4, -0.2) is 18.8 Å². The molecular formula is C19H24FN3. The maximum atomic E-state index is 13.4. The van der Waals surface area contributed by atoms with E-state index >= 15 is 0 Å². The highest BCUT2D eigenvalue weighted by molar-refractivity contribution is 6.04. The Kier molecular flexibility index (Phi) is 3.93. The van der Waals surface area contributed by atoms with Crippen LogP contribution in [-0.2, 0) is 6.42 Å². The molecular weight excluding hydrogens is 289 g/mol. The molecule has 2 aliphatic heterocycles. The first-order valence-electron chi connectivity index (χ1n) is 8.79. The predicted octanol–water partition coefficient (Wildman–Crippen LogP) is 3.47. The molecule has 3 aliphatic rings. The molecule has 4 rings (SSSR count). The van der Waals surface area contributed by atoms with E-state index in [0.717, 1.165) is 61.4 Å². The largest absolute Gasteiger partial charge is 0.402 e. The molecule has 2 heterocycles. The molecule has 0 bridgehead atoms. The number of nitrogens with zero attached hydrogens (tertiary/aromatic N) is 1. The molecule has 0 radical (unpaired) electrons. The summed E-state index contributed by atoms with van der Waals surface area (Å²) in [5, 5.41) is 3.41. The topological polar surface area (TPSA) is 50.4 Å². The Bertz CT molecular complexity index is 667. The zero-order valence-corrected chi connectivity index (χ0v) is 13.4. The summed E-state index contributed by atoms with van der Waals surface area (Å²) in [7, 11) is 0. The molecule has 4 heteroatoms. The summed E-state index contributed by atoms with van der Waals surface area (Å²) in [6.45, 7) is 2.11. The Morgan fingerprint density at radius 1 is 1.09 bits per heavy atom. The summed E-state index contributed by atoms with van der Waals surface area (Å²) in [4.78, 5) is 4.86. The first-order valence-corrected chi connectivity index (χ1v) is 8.79. The third-order valence-electron chi connectivity index (χ3n) is 5.31. The highest BCUT2D eigenvalue weighted by Crippen LogP contribution is 2.42. The zero-order valence-electron chi connectivity index (χ0n) is 13.4. The van der Waals surface area contributed by atoms with Crippen molar-refractivity contribution in [2.24, 2.45) is 22.6 Å². The Labute approximate surface area is 136 Å². The number of aryl methyl sites for hydroxylation is 1. The third-order valence-corrected chi connectivity index (χ3v) is 5.31. The van der Waals surface area contributed by atoms with Gasteiger partial charge in [-0.25, -0.2) is 4.39 Å². The number of benzene rings is 1. The minimum absolute atomic E-state index is 0.172. The van der Waals surface area contributed by atoms with E-state index in [0.29, 0.717) is 11.8 Å². The van der Waals surface area contributed by atoms with Gasteiger partial charge in [-0.15, -0.1) is 0 Å². The van der Waals surface area contributed by atoms with E-state index in [1.165, 1.54) is 24.5 Å². The lowest BCUT2D eigenvalue weighted by Gasteiger charge is -2.27. The van der Waals surface area contributed by atoms with Crippen LogP contribution in [0.25, 0.3) is 0 Å². The van der Waals surface area contributed by atoms with E-state index in [1.54, 1.807) is 12.1 Å². The number of allylic oxidation sites excluding steroid dienone is 2. The smallest absolute Gasteiger partial charge is 0.123 e. The maximum Gasteiger partial charge on any atom is 0.123 e. The number of halogens is 1. The fourth-order valence-electron chi connectivity index (χ4n) is 3.88. The van der Waals surface area contributed by atoms with Crippen LogP contribution in [0.1, 0.15) is 37.7 Å². The monoisotopic (exact) mass is 313 g/mol. The first-order chi connectivity index (χ1) is 11.2. The Morgan fingerprint density at radius 3 is 2.61 bits per heavy atom. The number of rotatable bonds is 3. The number of nitrogens with two attached hydrogens (primary N) is 1. The van der Waals surface area contributed by atoms with Gasteiger partial charge in [-0.05, 0) is 86.9 Å². The molecule has 2 fully saturated rings. The van der Waals surface area contributed by atoms with Gasteiger partial charge in [0.25, 0.3) is 0 Å². The zero-order chi connectivity index (χ0) is 15.8. The summed E-state index contributed by atoms with van der Waals surface area (Å²) in [6.07, 6.45) is 6.45. The lowest BCUT2D eigenvalue weighted by atomic mass is 9.86. The van der Waals surface area contributed by atoms with Crippen molar-refractivity contribution in [3.05, 3.63) is 40.8 Å². The average Bonchev–Trinajstić information content (AvgIpc) is 3.41. The van der Waals surface area contributed by atoms with E-state index in [4.69, 9.17) is 10.7 Å². The van der Waals surface area contributed by atoms with Crippen molar-refractivity contribution < 1.29 is 4.39 Å². The second-order valence-electron chi connectivity index (χ2n) is 7.00. The average molecular weight is 313 g/mol. The summed E-state index contributed by atoms with van der Waals surface area (Å²) < 4.78 is 13.4. The number of hydrogen-bond acceptors (Lipinski definition) is 3. The van der Waals surface area contributed by atoms with E-state index in [-0.39, 0.29) is 5.82 Å². The van der Waals surface area contributed by atoms with Crippen LogP contribution in [0.2, 0.25) is 0 Å². The molecule has 0 aromatic heterocycles. The minimum Gasteiger partial charge on any atom is -0.402 e. The molecule has 3 N–H and O–H groups in total. The molecule has 1 saturated heterocycles. The van der Waals surface area contributed by atoms with Gasteiger partial charge in [0.15, 0.2) is 0 Å². The van der Waals surface area contributed by atoms with Crippen LogP contribution in [0.3, 0.4) is 0 Å². The highest BCUT2D eigenvalue weighted by atomic mass is 19.1. The molecule has 0 amide bonds. The van der Waals surface area contributed by atoms with Gasteiger partial charge in [0, 0.05) is 17.3 Å². The number of hydrogen-bond donors (Lipinski definition) is 2. The van der Waals surface area contributed by atoms with Gasteiger partial charge in [0.2, 0.25) is 0 Å². The van der Waals surface area contributed by atoms with Crippen molar-refractivity contribution in [3.8, 4) is 0 Å². The first kappa shape index (κ1) is 14.9. The lowest BCUT2D eigenvalue weighted by Crippen LogP contribution is -2.32. The highest BCUT2D eigenvalue weighted by Gasteiger charge is 2.34. The van der Waals surface area contributed by atoms with Crippen LogP contribution in [0.5, 0.6) is 0 Å². The second-order valence-corrected chi connectivity index (χ2v) is 7.00. The molecule has 1 saturated carbocycles. The van der Waals surface area contributed by atoms with Gasteiger partial charge < -0.3 is 11.1 Å². The molecule has 122 valence electrons. The van der Waals surface area contributed by atoms with Gasteiger partial charge in [-0.1, -0.05) is 0 Å². The summed E-state index contributed by atoms with van der Waals surface area (Å²) in [6, 6.07) is 4.92. The van der Waals surface area contributed by atoms with Crippen molar-refractivity contribution in [2.45, 2.75) is 38.5 Å².